The maximum atomic E-state index is 13.0. The number of rotatable bonds is 2. The van der Waals surface area contributed by atoms with E-state index in [4.69, 9.17) is 0 Å². The van der Waals surface area contributed by atoms with E-state index in [-0.39, 0.29) is 5.92 Å². The highest BCUT2D eigenvalue weighted by molar-refractivity contribution is 5.85. The van der Waals surface area contributed by atoms with Crippen molar-refractivity contribution in [3.8, 4) is 0 Å². The highest BCUT2D eigenvalue weighted by Gasteiger charge is 2.33. The number of carbonyl (C=O) groups is 1. The fraction of sp³-hybridized carbons (Fsp3) is 0.444. The van der Waals surface area contributed by atoms with Gasteiger partial charge >= 0.3 is 0 Å². The summed E-state index contributed by atoms with van der Waals surface area (Å²) in [5.41, 5.74) is 6.15. The number of nitrogens with one attached hydrogen (secondary N) is 1. The molecule has 114 valence electrons. The van der Waals surface area contributed by atoms with E-state index in [9.17, 15) is 4.79 Å². The van der Waals surface area contributed by atoms with E-state index in [1.165, 1.54) is 22.4 Å². The van der Waals surface area contributed by atoms with E-state index < -0.39 is 0 Å². The van der Waals surface area contributed by atoms with Crippen LogP contribution in [0.5, 0.6) is 0 Å². The largest absolute Gasteiger partial charge is 0.337 e. The number of carbonyl (C=O) groups excluding carboxylic acids is 1. The van der Waals surface area contributed by atoms with Gasteiger partial charge in [-0.1, -0.05) is 31.2 Å². The highest BCUT2D eigenvalue weighted by atomic mass is 16.2. The predicted molar refractivity (Wildman–Crippen MR) is 84.6 cm³/mol. The zero-order chi connectivity index (χ0) is 15.1. The summed E-state index contributed by atoms with van der Waals surface area (Å²) >= 11 is 0. The van der Waals surface area contributed by atoms with Gasteiger partial charge in [-0.3, -0.25) is 9.89 Å². The Morgan fingerprint density at radius 1 is 1.36 bits per heavy atom. The van der Waals surface area contributed by atoms with Gasteiger partial charge in [-0.25, -0.2) is 0 Å². The van der Waals surface area contributed by atoms with Gasteiger partial charge in [0.2, 0.25) is 5.91 Å². The average Bonchev–Trinajstić information content (AvgIpc) is 3.17. The zero-order valence-electron chi connectivity index (χ0n) is 12.9. The quantitative estimate of drug-likeness (QED) is 0.926. The van der Waals surface area contributed by atoms with Gasteiger partial charge < -0.3 is 4.90 Å². The van der Waals surface area contributed by atoms with Crippen LogP contribution in [-0.2, 0) is 30.6 Å². The summed E-state index contributed by atoms with van der Waals surface area (Å²) in [5, 5.41) is 7.51. The second kappa shape index (κ2) is 5.27. The molecule has 2 heterocycles. The van der Waals surface area contributed by atoms with Gasteiger partial charge in [0.15, 0.2) is 0 Å². The Morgan fingerprint density at radius 2 is 2.23 bits per heavy atom. The first kappa shape index (κ1) is 13.6. The summed E-state index contributed by atoms with van der Waals surface area (Å²) in [7, 11) is 0. The van der Waals surface area contributed by atoms with Crippen LogP contribution in [0, 0.1) is 0 Å². The lowest BCUT2D eigenvalue weighted by Crippen LogP contribution is -2.38. The van der Waals surface area contributed by atoms with Crippen molar-refractivity contribution < 1.29 is 4.79 Å². The Morgan fingerprint density at radius 3 is 3.09 bits per heavy atom. The molecule has 1 N–H and O–H groups in total. The van der Waals surface area contributed by atoms with Crippen molar-refractivity contribution in [2.45, 2.75) is 45.1 Å². The Bertz CT molecular complexity index is 705. The molecule has 0 bridgehead atoms. The zero-order valence-corrected chi connectivity index (χ0v) is 12.9. The molecule has 0 fully saturated rings. The summed E-state index contributed by atoms with van der Waals surface area (Å²) < 4.78 is 0. The Kier molecular flexibility index (Phi) is 3.25. The second-order valence-corrected chi connectivity index (χ2v) is 6.28. The fourth-order valence-electron chi connectivity index (χ4n) is 3.87. The van der Waals surface area contributed by atoms with Crippen LogP contribution in [0.1, 0.15) is 47.3 Å². The van der Waals surface area contributed by atoms with Crippen LogP contribution < -0.4 is 0 Å². The molecule has 0 unspecified atom stereocenters. The molecule has 1 aromatic heterocycles. The van der Waals surface area contributed by atoms with Crippen LogP contribution in [-0.4, -0.2) is 27.5 Å². The molecule has 0 spiro atoms. The third-order valence-electron chi connectivity index (χ3n) is 5.10. The molecular weight excluding hydrogens is 274 g/mol. The van der Waals surface area contributed by atoms with E-state index in [0.717, 1.165) is 37.9 Å². The normalized spacial score (nSPS) is 19.9. The van der Waals surface area contributed by atoms with Crippen molar-refractivity contribution in [2.24, 2.45) is 0 Å². The maximum Gasteiger partial charge on any atom is 0.230 e. The lowest BCUT2D eigenvalue weighted by atomic mass is 9.97. The van der Waals surface area contributed by atoms with Crippen LogP contribution in [0.4, 0.5) is 0 Å². The number of aromatic amines is 1. The minimum absolute atomic E-state index is 0.0507. The number of aromatic nitrogens is 2. The van der Waals surface area contributed by atoms with Crippen LogP contribution >= 0.6 is 0 Å². The van der Waals surface area contributed by atoms with Gasteiger partial charge in [0.25, 0.3) is 0 Å². The molecule has 1 aliphatic carbocycles. The van der Waals surface area contributed by atoms with Crippen molar-refractivity contribution >= 4 is 5.91 Å². The summed E-state index contributed by atoms with van der Waals surface area (Å²) in [4.78, 5) is 15.0. The van der Waals surface area contributed by atoms with Crippen LogP contribution in [0.25, 0.3) is 0 Å². The molecule has 0 saturated carbocycles. The average molecular weight is 295 g/mol. The van der Waals surface area contributed by atoms with Crippen LogP contribution in [0.15, 0.2) is 24.3 Å². The fourth-order valence-corrected chi connectivity index (χ4v) is 3.87. The molecule has 1 amide bonds. The van der Waals surface area contributed by atoms with Crippen molar-refractivity contribution in [3.05, 3.63) is 52.3 Å². The summed E-state index contributed by atoms with van der Waals surface area (Å²) in [5.74, 6) is 0.341. The lowest BCUT2D eigenvalue weighted by Gasteiger charge is -2.29. The third-order valence-corrected chi connectivity index (χ3v) is 5.10. The summed E-state index contributed by atoms with van der Waals surface area (Å²) in [6, 6.07) is 8.39. The molecule has 4 rings (SSSR count). The van der Waals surface area contributed by atoms with Crippen molar-refractivity contribution in [1.29, 1.82) is 0 Å². The standard InChI is InChI=1S/C18H21N3O/c1-2-16-15-11-21(10-9-17(15)20-19-16)18(22)14-8-7-12-5-3-4-6-13(12)14/h3-6,14H,2,7-11H2,1H3,(H,19,20)/t14-/m1/s1. The van der Waals surface area contributed by atoms with Gasteiger partial charge in [0, 0.05) is 30.8 Å². The minimum Gasteiger partial charge on any atom is -0.337 e. The number of hydrogen-bond acceptors (Lipinski definition) is 2. The second-order valence-electron chi connectivity index (χ2n) is 6.28. The first-order chi connectivity index (χ1) is 10.8. The lowest BCUT2D eigenvalue weighted by molar-refractivity contribution is -0.133. The van der Waals surface area contributed by atoms with Crippen LogP contribution in [0.3, 0.4) is 0 Å². The molecule has 22 heavy (non-hydrogen) atoms. The topological polar surface area (TPSA) is 49.0 Å². The molecule has 4 heteroatoms. The van der Waals surface area contributed by atoms with Gasteiger partial charge in [-0.05, 0) is 30.4 Å². The molecular formula is C18H21N3O. The third kappa shape index (κ3) is 2.05. The molecule has 1 aliphatic heterocycles. The molecule has 1 atom stereocenters. The summed E-state index contributed by atoms with van der Waals surface area (Å²) in [6.45, 7) is 3.63. The van der Waals surface area contributed by atoms with Gasteiger partial charge in [-0.15, -0.1) is 0 Å². The molecule has 2 aromatic rings. The highest BCUT2D eigenvalue weighted by Crippen LogP contribution is 2.35. The van der Waals surface area contributed by atoms with E-state index in [2.05, 4.69) is 35.3 Å². The Labute approximate surface area is 130 Å². The van der Waals surface area contributed by atoms with Crippen molar-refractivity contribution in [3.63, 3.8) is 0 Å². The van der Waals surface area contributed by atoms with Crippen molar-refractivity contribution in [1.82, 2.24) is 15.1 Å². The van der Waals surface area contributed by atoms with E-state index in [1.807, 2.05) is 11.0 Å². The number of benzene rings is 1. The summed E-state index contributed by atoms with van der Waals surface area (Å²) in [6.07, 6.45) is 3.79. The Hall–Kier alpha value is -2.10. The van der Waals surface area contributed by atoms with E-state index >= 15 is 0 Å². The van der Waals surface area contributed by atoms with Gasteiger partial charge in [0.1, 0.15) is 0 Å². The molecule has 0 saturated heterocycles. The predicted octanol–water partition coefficient (Wildman–Crippen LogP) is 2.59. The van der Waals surface area contributed by atoms with Crippen LogP contribution in [0.2, 0.25) is 0 Å². The monoisotopic (exact) mass is 295 g/mol. The maximum absolute atomic E-state index is 13.0. The number of H-pyrrole nitrogens is 1. The smallest absolute Gasteiger partial charge is 0.230 e. The number of hydrogen-bond donors (Lipinski definition) is 1. The Balaban J connectivity index is 1.58. The first-order valence-electron chi connectivity index (χ1n) is 8.19. The molecule has 2 aliphatic rings. The molecule has 1 aromatic carbocycles. The van der Waals surface area contributed by atoms with E-state index in [1.54, 1.807) is 0 Å². The number of nitrogens with zero attached hydrogens (tertiary/aromatic N) is 2. The first-order valence-corrected chi connectivity index (χ1v) is 8.19. The van der Waals surface area contributed by atoms with Crippen molar-refractivity contribution in [2.75, 3.05) is 6.54 Å². The number of amides is 1. The number of aryl methyl sites for hydroxylation is 2. The van der Waals surface area contributed by atoms with E-state index in [0.29, 0.717) is 12.5 Å². The molecule has 0 radical (unpaired) electrons. The minimum atomic E-state index is 0.0507. The SMILES string of the molecule is CCc1n[nH]c2c1CN(C(=O)[C@@H]1CCc3ccccc31)CC2. The van der Waals surface area contributed by atoms with Gasteiger partial charge in [-0.2, -0.15) is 5.10 Å². The molecule has 4 nitrogen and oxygen atoms in total. The van der Waals surface area contributed by atoms with Gasteiger partial charge in [0.05, 0.1) is 11.6 Å². The number of fused-ring (bicyclic) bond motifs is 2.